The van der Waals surface area contributed by atoms with E-state index in [-0.39, 0.29) is 5.92 Å². The first-order valence-corrected chi connectivity index (χ1v) is 10.1. The first-order valence-electron chi connectivity index (χ1n) is 10.1. The summed E-state index contributed by atoms with van der Waals surface area (Å²) in [6.07, 6.45) is 0. The molecule has 29 heavy (non-hydrogen) atoms. The first kappa shape index (κ1) is 17.6. The Morgan fingerprint density at radius 1 is 0.621 bits per heavy atom. The molecule has 0 unspecified atom stereocenters. The van der Waals surface area contributed by atoms with E-state index in [0.29, 0.717) is 0 Å². The van der Waals surface area contributed by atoms with E-state index in [1.807, 2.05) is 12.1 Å². The molecular weight excluding hydrogens is 352 g/mol. The van der Waals surface area contributed by atoms with Gasteiger partial charge in [0.15, 0.2) is 0 Å². The van der Waals surface area contributed by atoms with Gasteiger partial charge in [-0.2, -0.15) is 0 Å². The second kappa shape index (κ2) is 7.14. The predicted octanol–water partition coefficient (Wildman–Crippen LogP) is 7.24. The monoisotopic (exact) mass is 374 g/mol. The van der Waals surface area contributed by atoms with Gasteiger partial charge in [-0.25, -0.2) is 9.97 Å². The van der Waals surface area contributed by atoms with E-state index in [9.17, 15) is 0 Å². The van der Waals surface area contributed by atoms with Crippen molar-refractivity contribution in [2.45, 2.75) is 19.8 Å². The minimum absolute atomic E-state index is 0.287. The van der Waals surface area contributed by atoms with Crippen molar-refractivity contribution in [2.24, 2.45) is 0 Å². The Balaban J connectivity index is 1.79. The Labute approximate surface area is 170 Å². The molecule has 1 heterocycles. The highest BCUT2D eigenvalue weighted by Gasteiger charge is 2.15. The van der Waals surface area contributed by atoms with Gasteiger partial charge in [-0.15, -0.1) is 0 Å². The molecule has 0 bridgehead atoms. The lowest BCUT2D eigenvalue weighted by atomic mass is 9.98. The average molecular weight is 374 g/mol. The molecule has 0 aliphatic heterocycles. The fraction of sp³-hybridized carbons (Fsp3) is 0.111. The third kappa shape index (κ3) is 3.17. The van der Waals surface area contributed by atoms with Crippen molar-refractivity contribution in [3.05, 3.63) is 96.7 Å². The Kier molecular flexibility index (Phi) is 4.33. The molecule has 0 fully saturated rings. The van der Waals surface area contributed by atoms with Crippen LogP contribution in [-0.2, 0) is 0 Å². The van der Waals surface area contributed by atoms with Crippen LogP contribution in [0.3, 0.4) is 0 Å². The zero-order valence-corrected chi connectivity index (χ0v) is 16.6. The van der Waals surface area contributed by atoms with Crippen molar-refractivity contribution in [3.8, 4) is 22.4 Å². The van der Waals surface area contributed by atoms with Gasteiger partial charge in [0.05, 0.1) is 22.4 Å². The Morgan fingerprint density at radius 3 is 1.97 bits per heavy atom. The normalized spacial score (nSPS) is 11.4. The van der Waals surface area contributed by atoms with E-state index >= 15 is 0 Å². The molecule has 140 valence electrons. The maximum atomic E-state index is 5.15. The van der Waals surface area contributed by atoms with Crippen molar-refractivity contribution in [1.82, 2.24) is 9.97 Å². The van der Waals surface area contributed by atoms with Crippen LogP contribution in [0.2, 0.25) is 0 Å². The summed E-state index contributed by atoms with van der Waals surface area (Å²) in [5, 5.41) is 2.34. The van der Waals surface area contributed by atoms with Crippen molar-refractivity contribution >= 4 is 21.8 Å². The lowest BCUT2D eigenvalue weighted by Crippen LogP contribution is -2.01. The number of aromatic nitrogens is 2. The fourth-order valence-electron chi connectivity index (χ4n) is 3.87. The van der Waals surface area contributed by atoms with Gasteiger partial charge in [0.25, 0.3) is 0 Å². The zero-order valence-electron chi connectivity index (χ0n) is 16.6. The van der Waals surface area contributed by atoms with Crippen molar-refractivity contribution in [2.75, 3.05) is 0 Å². The summed E-state index contributed by atoms with van der Waals surface area (Å²) in [6, 6.07) is 31.7. The smallest absolute Gasteiger partial charge is 0.0969 e. The van der Waals surface area contributed by atoms with Gasteiger partial charge < -0.3 is 0 Å². The van der Waals surface area contributed by atoms with E-state index in [2.05, 4.69) is 92.7 Å². The van der Waals surface area contributed by atoms with Gasteiger partial charge in [0.2, 0.25) is 0 Å². The Hall–Kier alpha value is -3.52. The molecule has 0 saturated carbocycles. The average Bonchev–Trinajstić information content (AvgIpc) is 2.79. The highest BCUT2D eigenvalue weighted by Crippen LogP contribution is 2.33. The minimum atomic E-state index is 0.287. The Morgan fingerprint density at radius 2 is 1.28 bits per heavy atom. The molecule has 0 radical (unpaired) electrons. The summed E-state index contributed by atoms with van der Waals surface area (Å²) in [5.41, 5.74) is 7.46. The zero-order chi connectivity index (χ0) is 19.8. The number of hydrogen-bond acceptors (Lipinski definition) is 2. The van der Waals surface area contributed by atoms with Crippen LogP contribution in [0.25, 0.3) is 44.2 Å². The highest BCUT2D eigenvalue weighted by atomic mass is 14.8. The summed E-state index contributed by atoms with van der Waals surface area (Å²) >= 11 is 0. The molecule has 5 aromatic rings. The van der Waals surface area contributed by atoms with Crippen molar-refractivity contribution in [3.63, 3.8) is 0 Å². The maximum Gasteiger partial charge on any atom is 0.0969 e. The van der Waals surface area contributed by atoms with Crippen LogP contribution in [0.5, 0.6) is 0 Å². The molecule has 1 aromatic heterocycles. The third-order valence-electron chi connectivity index (χ3n) is 5.38. The van der Waals surface area contributed by atoms with Crippen LogP contribution in [0, 0.1) is 0 Å². The lowest BCUT2D eigenvalue weighted by Gasteiger charge is -2.14. The number of rotatable bonds is 3. The molecule has 2 heteroatoms. The van der Waals surface area contributed by atoms with E-state index < -0.39 is 0 Å². The number of nitrogens with zero attached hydrogens (tertiary/aromatic N) is 2. The summed E-state index contributed by atoms with van der Waals surface area (Å²) < 4.78 is 0. The van der Waals surface area contributed by atoms with Crippen molar-refractivity contribution < 1.29 is 0 Å². The number of fused-ring (bicyclic) bond motifs is 3. The second-order valence-corrected chi connectivity index (χ2v) is 7.71. The molecule has 0 aliphatic rings. The third-order valence-corrected chi connectivity index (χ3v) is 5.38. The predicted molar refractivity (Wildman–Crippen MR) is 122 cm³/mol. The molecule has 2 nitrogen and oxygen atoms in total. The standard InChI is InChI=1S/C27H22N2/c1-18(2)25-26(21-11-7-4-8-12-21)28-24-16-15-20-13-14-22(17-23(20)27(24)29-25)19-9-5-3-6-10-19/h3-18H,1-2H3. The van der Waals surface area contributed by atoms with Gasteiger partial charge in [-0.1, -0.05) is 92.7 Å². The fourth-order valence-corrected chi connectivity index (χ4v) is 3.87. The first-order chi connectivity index (χ1) is 14.2. The van der Waals surface area contributed by atoms with E-state index in [0.717, 1.165) is 33.4 Å². The van der Waals surface area contributed by atoms with Crippen LogP contribution >= 0.6 is 0 Å². The molecule has 0 N–H and O–H groups in total. The van der Waals surface area contributed by atoms with Gasteiger partial charge in [0, 0.05) is 10.9 Å². The lowest BCUT2D eigenvalue weighted by molar-refractivity contribution is 0.826. The largest absolute Gasteiger partial charge is 0.248 e. The van der Waals surface area contributed by atoms with Crippen LogP contribution < -0.4 is 0 Å². The van der Waals surface area contributed by atoms with Crippen molar-refractivity contribution in [1.29, 1.82) is 0 Å². The summed E-state index contributed by atoms with van der Waals surface area (Å²) in [4.78, 5) is 10.2. The van der Waals surface area contributed by atoms with Gasteiger partial charge in [0.1, 0.15) is 0 Å². The molecule has 0 atom stereocenters. The maximum absolute atomic E-state index is 5.15. The minimum Gasteiger partial charge on any atom is -0.248 e. The van der Waals surface area contributed by atoms with Crippen LogP contribution in [0.15, 0.2) is 91.0 Å². The van der Waals surface area contributed by atoms with Crippen LogP contribution in [0.4, 0.5) is 0 Å². The topological polar surface area (TPSA) is 25.8 Å². The molecule has 5 rings (SSSR count). The molecular formula is C27H22N2. The van der Waals surface area contributed by atoms with Crippen LogP contribution in [-0.4, -0.2) is 9.97 Å². The molecule has 0 spiro atoms. The van der Waals surface area contributed by atoms with E-state index in [1.165, 1.54) is 16.5 Å². The SMILES string of the molecule is CC(C)c1nc2c(ccc3ccc(-c4ccccc4)cc32)nc1-c1ccccc1. The quantitative estimate of drug-likeness (QED) is 0.311. The molecule has 0 aliphatic carbocycles. The van der Waals surface area contributed by atoms with E-state index in [1.54, 1.807) is 0 Å². The van der Waals surface area contributed by atoms with E-state index in [4.69, 9.17) is 9.97 Å². The number of hydrogen-bond donors (Lipinski definition) is 0. The molecule has 4 aromatic carbocycles. The highest BCUT2D eigenvalue weighted by molar-refractivity contribution is 6.06. The summed E-state index contributed by atoms with van der Waals surface area (Å²) in [7, 11) is 0. The van der Waals surface area contributed by atoms with Crippen LogP contribution in [0.1, 0.15) is 25.5 Å². The number of benzene rings is 4. The van der Waals surface area contributed by atoms with Gasteiger partial charge in [-0.05, 0) is 34.6 Å². The summed E-state index contributed by atoms with van der Waals surface area (Å²) in [5.74, 6) is 0.287. The summed E-state index contributed by atoms with van der Waals surface area (Å²) in [6.45, 7) is 4.37. The molecule has 0 saturated heterocycles. The second-order valence-electron chi connectivity index (χ2n) is 7.71. The van der Waals surface area contributed by atoms with Gasteiger partial charge in [-0.3, -0.25) is 0 Å². The Bertz CT molecular complexity index is 1310. The van der Waals surface area contributed by atoms with Gasteiger partial charge >= 0.3 is 0 Å². The molecule has 0 amide bonds.